The third kappa shape index (κ3) is 2.46. The van der Waals surface area contributed by atoms with Gasteiger partial charge >= 0.3 is 0 Å². The Labute approximate surface area is 113 Å². The summed E-state index contributed by atoms with van der Waals surface area (Å²) in [5, 5.41) is 4.89. The molecule has 3 nitrogen and oxygen atoms in total. The van der Waals surface area contributed by atoms with Crippen molar-refractivity contribution in [1.29, 1.82) is 0 Å². The van der Waals surface area contributed by atoms with Crippen LogP contribution in [-0.4, -0.2) is 24.7 Å². The van der Waals surface area contributed by atoms with Gasteiger partial charge in [-0.2, -0.15) is 0 Å². The highest BCUT2D eigenvalue weighted by molar-refractivity contribution is 7.11. The number of fused-ring (bicyclic) bond motifs is 1. The lowest BCUT2D eigenvalue weighted by Crippen LogP contribution is -2.24. The molecule has 1 aromatic rings. The van der Waals surface area contributed by atoms with Crippen LogP contribution in [0.15, 0.2) is 0 Å². The van der Waals surface area contributed by atoms with Gasteiger partial charge in [0.15, 0.2) is 0 Å². The molecule has 1 aliphatic heterocycles. The summed E-state index contributed by atoms with van der Waals surface area (Å²) < 4.78 is 5.59. The lowest BCUT2D eigenvalue weighted by Gasteiger charge is -2.21. The molecule has 18 heavy (non-hydrogen) atoms. The summed E-state index contributed by atoms with van der Waals surface area (Å²) in [6, 6.07) is 0.494. The van der Waals surface area contributed by atoms with Crippen molar-refractivity contribution >= 4 is 11.3 Å². The molecule has 3 rings (SSSR count). The summed E-state index contributed by atoms with van der Waals surface area (Å²) in [5.41, 5.74) is 1.34. The van der Waals surface area contributed by atoms with Crippen molar-refractivity contribution in [3.8, 4) is 0 Å². The Bertz CT molecular complexity index is 398. The second kappa shape index (κ2) is 5.68. The van der Waals surface area contributed by atoms with Gasteiger partial charge in [0, 0.05) is 17.4 Å². The van der Waals surface area contributed by atoms with E-state index in [0.29, 0.717) is 12.0 Å². The van der Waals surface area contributed by atoms with E-state index in [0.717, 1.165) is 19.8 Å². The zero-order valence-electron chi connectivity index (χ0n) is 11.1. The number of hydrogen-bond donors (Lipinski definition) is 1. The summed E-state index contributed by atoms with van der Waals surface area (Å²) in [6.45, 7) is 5.01. The first-order valence-electron chi connectivity index (χ1n) is 7.19. The highest BCUT2D eigenvalue weighted by Crippen LogP contribution is 2.37. The van der Waals surface area contributed by atoms with E-state index in [1.165, 1.54) is 47.7 Å². The number of thiazole rings is 1. The summed E-state index contributed by atoms with van der Waals surface area (Å²) in [4.78, 5) is 6.47. The molecule has 0 bridgehead atoms. The number of rotatable bonds is 3. The molecule has 2 atom stereocenters. The summed E-state index contributed by atoms with van der Waals surface area (Å²) in [5.74, 6) is 0.552. The standard InChI is InChI=1S/C14H22N2OS/c1-2-15-11-6-3-7-12-13(11)16-14(18-12)10-5-4-8-17-9-10/h10-11,15H,2-9H2,1H3. The molecule has 1 N–H and O–H groups in total. The van der Waals surface area contributed by atoms with Crippen LogP contribution in [0.25, 0.3) is 0 Å². The van der Waals surface area contributed by atoms with E-state index in [1.54, 1.807) is 0 Å². The number of nitrogens with one attached hydrogen (secondary N) is 1. The summed E-state index contributed by atoms with van der Waals surface area (Å²) >= 11 is 1.94. The molecule has 2 aliphatic rings. The minimum Gasteiger partial charge on any atom is -0.381 e. The summed E-state index contributed by atoms with van der Waals surface area (Å²) in [7, 11) is 0. The molecule has 0 radical (unpaired) electrons. The highest BCUT2D eigenvalue weighted by Gasteiger charge is 2.27. The first-order valence-corrected chi connectivity index (χ1v) is 8.00. The van der Waals surface area contributed by atoms with Crippen LogP contribution in [0, 0.1) is 0 Å². The van der Waals surface area contributed by atoms with Crippen LogP contribution in [0.5, 0.6) is 0 Å². The fourth-order valence-corrected chi connectivity index (χ4v) is 4.28. The second-order valence-corrected chi connectivity index (χ2v) is 6.39. The van der Waals surface area contributed by atoms with Crippen molar-refractivity contribution in [2.45, 2.75) is 51.0 Å². The Hall–Kier alpha value is -0.450. The number of aromatic nitrogens is 1. The molecule has 4 heteroatoms. The van der Waals surface area contributed by atoms with E-state index in [4.69, 9.17) is 9.72 Å². The van der Waals surface area contributed by atoms with Gasteiger partial charge in [0.25, 0.3) is 0 Å². The van der Waals surface area contributed by atoms with Gasteiger partial charge < -0.3 is 10.1 Å². The van der Waals surface area contributed by atoms with Gasteiger partial charge in [-0.1, -0.05) is 6.92 Å². The van der Waals surface area contributed by atoms with Gasteiger partial charge in [-0.15, -0.1) is 11.3 Å². The molecule has 0 amide bonds. The van der Waals surface area contributed by atoms with Crippen molar-refractivity contribution in [3.05, 3.63) is 15.6 Å². The van der Waals surface area contributed by atoms with Crippen molar-refractivity contribution in [2.24, 2.45) is 0 Å². The molecule has 1 saturated heterocycles. The van der Waals surface area contributed by atoms with Crippen molar-refractivity contribution < 1.29 is 4.74 Å². The fourth-order valence-electron chi connectivity index (χ4n) is 2.99. The van der Waals surface area contributed by atoms with Crippen LogP contribution < -0.4 is 5.32 Å². The van der Waals surface area contributed by atoms with E-state index in [1.807, 2.05) is 11.3 Å². The summed E-state index contributed by atoms with van der Waals surface area (Å²) in [6.07, 6.45) is 6.20. The zero-order chi connectivity index (χ0) is 12.4. The fraction of sp³-hybridized carbons (Fsp3) is 0.786. The third-order valence-electron chi connectivity index (χ3n) is 3.93. The van der Waals surface area contributed by atoms with Gasteiger partial charge in [0.05, 0.1) is 23.4 Å². The van der Waals surface area contributed by atoms with E-state index >= 15 is 0 Å². The van der Waals surface area contributed by atoms with Crippen LogP contribution in [0.2, 0.25) is 0 Å². The van der Waals surface area contributed by atoms with Crippen LogP contribution in [0.1, 0.15) is 60.1 Å². The van der Waals surface area contributed by atoms with Crippen LogP contribution >= 0.6 is 11.3 Å². The molecule has 2 heterocycles. The number of ether oxygens (including phenoxy) is 1. The van der Waals surface area contributed by atoms with E-state index in [9.17, 15) is 0 Å². The maximum Gasteiger partial charge on any atom is 0.0985 e. The van der Waals surface area contributed by atoms with Crippen LogP contribution in [0.4, 0.5) is 0 Å². The average molecular weight is 266 g/mol. The molecule has 2 unspecified atom stereocenters. The quantitative estimate of drug-likeness (QED) is 0.913. The SMILES string of the molecule is CCNC1CCCc2sc(C3CCCOC3)nc21. The third-order valence-corrected chi connectivity index (χ3v) is 5.22. The predicted molar refractivity (Wildman–Crippen MR) is 74.3 cm³/mol. The average Bonchev–Trinajstić information content (AvgIpc) is 2.85. The topological polar surface area (TPSA) is 34.1 Å². The first-order chi connectivity index (χ1) is 8.88. The van der Waals surface area contributed by atoms with Crippen molar-refractivity contribution in [2.75, 3.05) is 19.8 Å². The molecule has 0 spiro atoms. The lowest BCUT2D eigenvalue weighted by atomic mass is 9.97. The maximum absolute atomic E-state index is 5.59. The predicted octanol–water partition coefficient (Wildman–Crippen LogP) is 3.02. The van der Waals surface area contributed by atoms with Crippen LogP contribution in [0.3, 0.4) is 0 Å². The van der Waals surface area contributed by atoms with Gasteiger partial charge in [-0.05, 0) is 38.6 Å². The largest absolute Gasteiger partial charge is 0.381 e. The molecule has 100 valence electrons. The van der Waals surface area contributed by atoms with E-state index < -0.39 is 0 Å². The molecule has 0 aromatic carbocycles. The highest BCUT2D eigenvalue weighted by atomic mass is 32.1. The van der Waals surface area contributed by atoms with Crippen molar-refractivity contribution in [3.63, 3.8) is 0 Å². The van der Waals surface area contributed by atoms with Gasteiger partial charge in [0.1, 0.15) is 0 Å². The minimum absolute atomic E-state index is 0.494. The Kier molecular flexibility index (Phi) is 3.97. The first kappa shape index (κ1) is 12.6. The molecule has 1 aliphatic carbocycles. The minimum atomic E-state index is 0.494. The van der Waals surface area contributed by atoms with E-state index in [2.05, 4.69) is 12.2 Å². The lowest BCUT2D eigenvalue weighted by molar-refractivity contribution is 0.0803. The Morgan fingerprint density at radius 3 is 3.11 bits per heavy atom. The smallest absolute Gasteiger partial charge is 0.0985 e. The molecular weight excluding hydrogens is 244 g/mol. The monoisotopic (exact) mass is 266 g/mol. The van der Waals surface area contributed by atoms with Crippen LogP contribution in [-0.2, 0) is 11.2 Å². The number of hydrogen-bond acceptors (Lipinski definition) is 4. The van der Waals surface area contributed by atoms with Gasteiger partial charge in [-0.25, -0.2) is 4.98 Å². The van der Waals surface area contributed by atoms with Gasteiger partial charge in [0.2, 0.25) is 0 Å². The van der Waals surface area contributed by atoms with E-state index in [-0.39, 0.29) is 0 Å². The molecule has 1 aromatic heterocycles. The molecule has 0 saturated carbocycles. The second-order valence-electron chi connectivity index (χ2n) is 5.28. The Morgan fingerprint density at radius 2 is 2.33 bits per heavy atom. The molecule has 1 fully saturated rings. The zero-order valence-corrected chi connectivity index (χ0v) is 11.9. The molecular formula is C14H22N2OS. The Morgan fingerprint density at radius 1 is 1.39 bits per heavy atom. The number of nitrogens with zero attached hydrogens (tertiary/aromatic N) is 1. The normalized spacial score (nSPS) is 28.1. The van der Waals surface area contributed by atoms with Crippen molar-refractivity contribution in [1.82, 2.24) is 10.3 Å². The maximum atomic E-state index is 5.59. The number of aryl methyl sites for hydroxylation is 1. The van der Waals surface area contributed by atoms with Gasteiger partial charge in [-0.3, -0.25) is 0 Å². The Balaban J connectivity index is 1.81.